The summed E-state index contributed by atoms with van der Waals surface area (Å²) < 4.78 is 22.5. The number of hydrogen-bond acceptors (Lipinski definition) is 4. The quantitative estimate of drug-likeness (QED) is 0.464. The van der Waals surface area contributed by atoms with E-state index in [1.807, 2.05) is 24.3 Å². The average molecular weight is 462 g/mol. The zero-order valence-electron chi connectivity index (χ0n) is 19.3. The number of rotatable bonds is 6. The molecule has 1 aliphatic carbocycles. The van der Waals surface area contributed by atoms with Gasteiger partial charge in [0.15, 0.2) is 0 Å². The van der Waals surface area contributed by atoms with Crippen LogP contribution in [0.4, 0.5) is 4.39 Å². The second-order valence-corrected chi connectivity index (χ2v) is 8.92. The number of esters is 1. The van der Waals surface area contributed by atoms with Crippen molar-refractivity contribution in [2.75, 3.05) is 19.7 Å². The fourth-order valence-electron chi connectivity index (χ4n) is 4.67. The van der Waals surface area contributed by atoms with Gasteiger partial charge in [-0.1, -0.05) is 24.3 Å². The van der Waals surface area contributed by atoms with Crippen molar-refractivity contribution in [3.63, 3.8) is 0 Å². The van der Waals surface area contributed by atoms with Crippen LogP contribution in [-0.2, 0) is 4.74 Å². The molecule has 2 aliphatic rings. The molecule has 34 heavy (non-hydrogen) atoms. The third-order valence-electron chi connectivity index (χ3n) is 6.54. The Labute approximate surface area is 198 Å². The van der Waals surface area contributed by atoms with Crippen LogP contribution >= 0.6 is 0 Å². The van der Waals surface area contributed by atoms with E-state index in [2.05, 4.69) is 5.10 Å². The van der Waals surface area contributed by atoms with Crippen molar-refractivity contribution in [3.8, 4) is 16.8 Å². The Morgan fingerprint density at radius 3 is 2.56 bits per heavy atom. The molecule has 0 unspecified atom stereocenters. The molecular weight excluding hydrogens is 433 g/mol. The highest BCUT2D eigenvalue weighted by Crippen LogP contribution is 2.43. The molecule has 0 spiro atoms. The molecule has 176 valence electrons. The molecule has 1 saturated carbocycles. The maximum Gasteiger partial charge on any atom is 0.341 e. The fraction of sp³-hybridized carbons (Fsp3) is 0.370. The largest absolute Gasteiger partial charge is 0.462 e. The molecule has 1 aromatic heterocycles. The Hall–Kier alpha value is -3.48. The van der Waals surface area contributed by atoms with Gasteiger partial charge in [0, 0.05) is 24.6 Å². The number of amides is 1. The van der Waals surface area contributed by atoms with E-state index in [9.17, 15) is 9.59 Å². The summed E-state index contributed by atoms with van der Waals surface area (Å²) in [6, 6.07) is 12.4. The second-order valence-electron chi connectivity index (χ2n) is 8.92. The van der Waals surface area contributed by atoms with Gasteiger partial charge >= 0.3 is 5.97 Å². The summed E-state index contributed by atoms with van der Waals surface area (Å²) in [5.74, 6) is -0.878. The van der Waals surface area contributed by atoms with Crippen LogP contribution in [0.1, 0.15) is 71.4 Å². The number of aromatic nitrogens is 2. The van der Waals surface area contributed by atoms with Crippen LogP contribution in [0.25, 0.3) is 16.8 Å². The van der Waals surface area contributed by atoms with E-state index in [1.165, 1.54) is 0 Å². The molecular formula is C27H28FN3O3. The Morgan fingerprint density at radius 2 is 1.82 bits per heavy atom. The third-order valence-corrected chi connectivity index (χ3v) is 6.54. The van der Waals surface area contributed by atoms with Crippen LogP contribution in [0.5, 0.6) is 0 Å². The lowest BCUT2D eigenvalue weighted by Crippen LogP contribution is -2.36. The van der Waals surface area contributed by atoms with Crippen molar-refractivity contribution >= 4 is 11.9 Å². The van der Waals surface area contributed by atoms with Gasteiger partial charge in [-0.15, -0.1) is 0 Å². The SMILES string of the molecule is CCOC(=O)c1cnn(-c2cccc(-c3cccc(C(=O)N4CCCCC4)c3F)c2)c1C1CC1. The molecule has 1 amide bonds. The number of hydrogen-bond donors (Lipinski definition) is 0. The van der Waals surface area contributed by atoms with E-state index in [0.29, 0.717) is 36.4 Å². The smallest absolute Gasteiger partial charge is 0.341 e. The molecule has 0 radical (unpaired) electrons. The normalized spacial score (nSPS) is 15.9. The zero-order valence-corrected chi connectivity index (χ0v) is 19.3. The number of carbonyl (C=O) groups excluding carboxylic acids is 2. The second kappa shape index (κ2) is 9.41. The van der Waals surface area contributed by atoms with Crippen LogP contribution in [0.15, 0.2) is 48.7 Å². The molecule has 7 heteroatoms. The highest BCUT2D eigenvalue weighted by atomic mass is 19.1. The maximum absolute atomic E-state index is 15.6. The molecule has 6 nitrogen and oxygen atoms in total. The van der Waals surface area contributed by atoms with E-state index < -0.39 is 5.82 Å². The van der Waals surface area contributed by atoms with E-state index in [1.54, 1.807) is 40.9 Å². The van der Waals surface area contributed by atoms with E-state index in [-0.39, 0.29) is 23.4 Å². The summed E-state index contributed by atoms with van der Waals surface area (Å²) in [5, 5.41) is 4.48. The highest BCUT2D eigenvalue weighted by molar-refractivity contribution is 5.96. The number of piperidine rings is 1. The minimum absolute atomic E-state index is 0.104. The number of benzene rings is 2. The first kappa shape index (κ1) is 22.3. The van der Waals surface area contributed by atoms with Crippen LogP contribution in [0, 0.1) is 5.82 Å². The van der Waals surface area contributed by atoms with Gasteiger partial charge in [-0.2, -0.15) is 5.10 Å². The van der Waals surface area contributed by atoms with Crippen molar-refractivity contribution in [1.82, 2.24) is 14.7 Å². The van der Waals surface area contributed by atoms with Gasteiger partial charge < -0.3 is 9.64 Å². The van der Waals surface area contributed by atoms with Gasteiger partial charge in [-0.3, -0.25) is 4.79 Å². The van der Waals surface area contributed by atoms with Crippen LogP contribution in [0.2, 0.25) is 0 Å². The Bertz CT molecular complexity index is 1230. The molecule has 5 rings (SSSR count). The summed E-state index contributed by atoms with van der Waals surface area (Å²) >= 11 is 0. The Kier molecular flexibility index (Phi) is 6.18. The minimum Gasteiger partial charge on any atom is -0.462 e. The van der Waals surface area contributed by atoms with Gasteiger partial charge in [0.25, 0.3) is 5.91 Å². The topological polar surface area (TPSA) is 64.4 Å². The van der Waals surface area contributed by atoms with Crippen molar-refractivity contribution in [3.05, 3.63) is 71.3 Å². The van der Waals surface area contributed by atoms with Gasteiger partial charge in [0.1, 0.15) is 11.4 Å². The first-order valence-corrected chi connectivity index (χ1v) is 12.0. The number of likely N-dealkylation sites (tertiary alicyclic amines) is 1. The summed E-state index contributed by atoms with van der Waals surface area (Å²) in [5.41, 5.74) is 3.18. The number of ether oxygens (including phenoxy) is 1. The molecule has 0 bridgehead atoms. The number of halogens is 1. The van der Waals surface area contributed by atoms with Gasteiger partial charge in [0.05, 0.1) is 29.7 Å². The lowest BCUT2D eigenvalue weighted by Gasteiger charge is -2.27. The van der Waals surface area contributed by atoms with Gasteiger partial charge in [-0.25, -0.2) is 13.9 Å². The first-order chi connectivity index (χ1) is 16.6. The van der Waals surface area contributed by atoms with Crippen molar-refractivity contribution in [2.24, 2.45) is 0 Å². The lowest BCUT2D eigenvalue weighted by molar-refractivity contribution is 0.0524. The Balaban J connectivity index is 1.50. The number of nitrogens with zero attached hydrogens (tertiary/aromatic N) is 3. The number of carbonyl (C=O) groups is 2. The summed E-state index contributed by atoms with van der Waals surface area (Å²) in [4.78, 5) is 27.2. The molecule has 2 heterocycles. The van der Waals surface area contributed by atoms with Gasteiger partial charge in [-0.05, 0) is 62.8 Å². The standard InChI is InChI=1S/C27H28FN3O3/c1-2-34-27(33)23-17-29-31(25(23)18-12-13-18)20-9-6-8-19(16-20)21-10-7-11-22(24(21)28)26(32)30-14-4-3-5-15-30/h6-11,16-18H,2-5,12-15H2,1H3. The zero-order chi connectivity index (χ0) is 23.7. The van der Waals surface area contributed by atoms with E-state index >= 15 is 4.39 Å². The molecule has 0 N–H and O–H groups in total. The summed E-state index contributed by atoms with van der Waals surface area (Å²) in [7, 11) is 0. The molecule has 0 atom stereocenters. The monoisotopic (exact) mass is 461 g/mol. The molecule has 2 aromatic carbocycles. The highest BCUT2D eigenvalue weighted by Gasteiger charge is 2.33. The molecule has 3 aromatic rings. The van der Waals surface area contributed by atoms with Crippen LogP contribution < -0.4 is 0 Å². The van der Waals surface area contributed by atoms with E-state index in [4.69, 9.17) is 4.74 Å². The lowest BCUT2D eigenvalue weighted by atomic mass is 10.00. The molecule has 1 aliphatic heterocycles. The minimum atomic E-state index is -0.509. The van der Waals surface area contributed by atoms with Crippen molar-refractivity contribution in [2.45, 2.75) is 44.9 Å². The van der Waals surface area contributed by atoms with Crippen molar-refractivity contribution in [1.29, 1.82) is 0 Å². The third kappa shape index (κ3) is 4.22. The predicted octanol–water partition coefficient (Wildman–Crippen LogP) is 5.36. The van der Waals surface area contributed by atoms with Gasteiger partial charge in [0.2, 0.25) is 0 Å². The average Bonchev–Trinajstić information content (AvgIpc) is 3.61. The predicted molar refractivity (Wildman–Crippen MR) is 127 cm³/mol. The maximum atomic E-state index is 15.6. The summed E-state index contributed by atoms with van der Waals surface area (Å²) in [6.45, 7) is 3.42. The van der Waals surface area contributed by atoms with Crippen molar-refractivity contribution < 1.29 is 18.7 Å². The molecule has 1 saturated heterocycles. The van der Waals surface area contributed by atoms with E-state index in [0.717, 1.165) is 43.5 Å². The van der Waals surface area contributed by atoms with Crippen LogP contribution in [0.3, 0.4) is 0 Å². The van der Waals surface area contributed by atoms with Crippen LogP contribution in [-0.4, -0.2) is 46.3 Å². The first-order valence-electron chi connectivity index (χ1n) is 12.0. The Morgan fingerprint density at radius 1 is 1.06 bits per heavy atom. The summed E-state index contributed by atoms with van der Waals surface area (Å²) in [6.07, 6.45) is 6.55. The molecule has 2 fully saturated rings. The fourth-order valence-corrected chi connectivity index (χ4v) is 4.67.